The normalized spacial score (nSPS) is 16.3. The first-order valence-electron chi connectivity index (χ1n) is 5.90. The van der Waals surface area contributed by atoms with Crippen molar-refractivity contribution in [3.8, 4) is 0 Å². The smallest absolute Gasteiger partial charge is 0.235 e. The van der Waals surface area contributed by atoms with Gasteiger partial charge in [0.2, 0.25) is 6.08 Å². The molecule has 5 heteroatoms. The molecular weight excluding hydrogens is 235 g/mol. The molecule has 0 spiro atoms. The van der Waals surface area contributed by atoms with Crippen molar-refractivity contribution < 1.29 is 13.9 Å². The Kier molecular flexibility index (Phi) is 4.59. The van der Waals surface area contributed by atoms with Crippen LogP contribution in [0.1, 0.15) is 11.1 Å². The Bertz CT molecular complexity index is 452. The fourth-order valence-electron chi connectivity index (χ4n) is 1.94. The number of benzene rings is 1. The first kappa shape index (κ1) is 12.9. The quantitative estimate of drug-likeness (QED) is 0.600. The van der Waals surface area contributed by atoms with E-state index in [4.69, 9.17) is 4.74 Å². The van der Waals surface area contributed by atoms with Crippen LogP contribution >= 0.6 is 0 Å². The van der Waals surface area contributed by atoms with E-state index in [9.17, 15) is 9.18 Å². The van der Waals surface area contributed by atoms with Gasteiger partial charge in [-0.1, -0.05) is 12.1 Å². The molecule has 1 aromatic carbocycles. The van der Waals surface area contributed by atoms with Crippen molar-refractivity contribution in [3.05, 3.63) is 35.1 Å². The van der Waals surface area contributed by atoms with E-state index < -0.39 is 0 Å². The van der Waals surface area contributed by atoms with Gasteiger partial charge in [-0.3, -0.25) is 4.90 Å². The molecule has 0 radical (unpaired) electrons. The Labute approximate surface area is 105 Å². The molecule has 0 saturated carbocycles. The summed E-state index contributed by atoms with van der Waals surface area (Å²) in [5, 5.41) is 0. The van der Waals surface area contributed by atoms with Crippen molar-refractivity contribution in [2.45, 2.75) is 13.1 Å². The van der Waals surface area contributed by atoms with Crippen LogP contribution < -0.4 is 0 Å². The molecule has 18 heavy (non-hydrogen) atoms. The van der Waals surface area contributed by atoms with Crippen LogP contribution in [0.2, 0.25) is 0 Å². The minimum absolute atomic E-state index is 0.179. The number of hydrogen-bond donors (Lipinski definition) is 0. The summed E-state index contributed by atoms with van der Waals surface area (Å²) in [5.74, 6) is -0.250. The van der Waals surface area contributed by atoms with Crippen molar-refractivity contribution in [2.75, 3.05) is 26.3 Å². The van der Waals surface area contributed by atoms with Gasteiger partial charge in [-0.25, -0.2) is 14.2 Å². The van der Waals surface area contributed by atoms with Gasteiger partial charge in [0.1, 0.15) is 5.82 Å². The molecule has 0 unspecified atom stereocenters. The predicted octanol–water partition coefficient (Wildman–Crippen LogP) is 1.49. The Morgan fingerprint density at radius 2 is 2.17 bits per heavy atom. The van der Waals surface area contributed by atoms with Crippen molar-refractivity contribution in [1.82, 2.24) is 4.90 Å². The van der Waals surface area contributed by atoms with Gasteiger partial charge in [0.25, 0.3) is 0 Å². The van der Waals surface area contributed by atoms with Gasteiger partial charge in [-0.15, -0.1) is 0 Å². The van der Waals surface area contributed by atoms with E-state index in [0.717, 1.165) is 13.1 Å². The zero-order valence-electron chi connectivity index (χ0n) is 10.1. The number of rotatable bonds is 4. The van der Waals surface area contributed by atoms with Crippen molar-refractivity contribution in [3.63, 3.8) is 0 Å². The number of carbonyl (C=O) groups excluding carboxylic acids is 1. The van der Waals surface area contributed by atoms with Crippen LogP contribution in [0.25, 0.3) is 0 Å². The minimum Gasteiger partial charge on any atom is -0.379 e. The van der Waals surface area contributed by atoms with Crippen molar-refractivity contribution in [2.24, 2.45) is 4.99 Å². The predicted molar refractivity (Wildman–Crippen MR) is 64.3 cm³/mol. The first-order valence-corrected chi connectivity index (χ1v) is 5.90. The summed E-state index contributed by atoms with van der Waals surface area (Å²) in [6.45, 7) is 3.83. The maximum atomic E-state index is 13.8. The second-order valence-electron chi connectivity index (χ2n) is 4.22. The molecule has 96 valence electrons. The fraction of sp³-hybridized carbons (Fsp3) is 0.462. The lowest BCUT2D eigenvalue weighted by atomic mass is 10.1. The first-order chi connectivity index (χ1) is 8.79. The number of hydrogen-bond acceptors (Lipinski definition) is 4. The maximum absolute atomic E-state index is 13.8. The molecule has 0 N–H and O–H groups in total. The van der Waals surface area contributed by atoms with E-state index in [-0.39, 0.29) is 12.4 Å². The van der Waals surface area contributed by atoms with Gasteiger partial charge < -0.3 is 4.74 Å². The summed E-state index contributed by atoms with van der Waals surface area (Å²) in [4.78, 5) is 15.6. The van der Waals surface area contributed by atoms with E-state index in [2.05, 4.69) is 9.89 Å². The second kappa shape index (κ2) is 6.40. The molecule has 0 aromatic heterocycles. The number of isocyanates is 1. The van der Waals surface area contributed by atoms with E-state index >= 15 is 0 Å². The third kappa shape index (κ3) is 3.47. The zero-order chi connectivity index (χ0) is 12.8. The zero-order valence-corrected chi connectivity index (χ0v) is 10.1. The molecule has 1 aromatic rings. The summed E-state index contributed by atoms with van der Waals surface area (Å²) in [6.07, 6.45) is 1.45. The Hall–Kier alpha value is -1.55. The molecular formula is C13H15FN2O2. The molecule has 2 rings (SSSR count). The number of aliphatic imine (C=N–C) groups is 1. The van der Waals surface area contributed by atoms with Gasteiger partial charge in [-0.2, -0.15) is 0 Å². The highest BCUT2D eigenvalue weighted by molar-refractivity contribution is 5.34. The third-order valence-corrected chi connectivity index (χ3v) is 2.94. The van der Waals surface area contributed by atoms with Gasteiger partial charge >= 0.3 is 0 Å². The molecule has 1 heterocycles. The number of ether oxygens (including phenoxy) is 1. The highest BCUT2D eigenvalue weighted by Gasteiger charge is 2.13. The van der Waals surface area contributed by atoms with Crippen LogP contribution in [0, 0.1) is 5.82 Å². The molecule has 1 fully saturated rings. The molecule has 0 aliphatic carbocycles. The molecule has 1 saturated heterocycles. The SMILES string of the molecule is O=C=NCc1ccc(CN2CCOCC2)c(F)c1. The highest BCUT2D eigenvalue weighted by Crippen LogP contribution is 2.14. The van der Waals surface area contributed by atoms with Crippen LogP contribution in [0.4, 0.5) is 4.39 Å². The third-order valence-electron chi connectivity index (χ3n) is 2.94. The van der Waals surface area contributed by atoms with E-state index in [0.29, 0.717) is 30.9 Å². The monoisotopic (exact) mass is 250 g/mol. The van der Waals surface area contributed by atoms with Gasteiger partial charge in [0, 0.05) is 25.2 Å². The van der Waals surface area contributed by atoms with Crippen LogP contribution in [-0.4, -0.2) is 37.3 Å². The van der Waals surface area contributed by atoms with Crippen LogP contribution in [0.3, 0.4) is 0 Å². The number of halogens is 1. The Morgan fingerprint density at radius 1 is 1.39 bits per heavy atom. The summed E-state index contributed by atoms with van der Waals surface area (Å²) < 4.78 is 19.1. The average molecular weight is 250 g/mol. The summed E-state index contributed by atoms with van der Waals surface area (Å²) in [7, 11) is 0. The molecule has 0 atom stereocenters. The van der Waals surface area contributed by atoms with Crippen LogP contribution in [0.15, 0.2) is 23.2 Å². The van der Waals surface area contributed by atoms with Gasteiger partial charge in [0.15, 0.2) is 0 Å². The van der Waals surface area contributed by atoms with Crippen molar-refractivity contribution in [1.29, 1.82) is 0 Å². The Balaban J connectivity index is 2.02. The van der Waals surface area contributed by atoms with E-state index in [1.54, 1.807) is 12.1 Å². The maximum Gasteiger partial charge on any atom is 0.235 e. The minimum atomic E-state index is -0.250. The standard InChI is InChI=1S/C13H15FN2O2/c14-13-7-11(8-15-10-17)1-2-12(13)9-16-3-5-18-6-4-16/h1-2,7H,3-6,8-9H2. The summed E-state index contributed by atoms with van der Waals surface area (Å²) >= 11 is 0. The number of nitrogens with zero attached hydrogens (tertiary/aromatic N) is 2. The highest BCUT2D eigenvalue weighted by atomic mass is 19.1. The molecule has 0 bridgehead atoms. The van der Waals surface area contributed by atoms with Crippen LogP contribution in [-0.2, 0) is 22.6 Å². The van der Waals surface area contributed by atoms with Gasteiger partial charge in [0.05, 0.1) is 19.8 Å². The average Bonchev–Trinajstić information content (AvgIpc) is 2.40. The Morgan fingerprint density at radius 3 is 2.83 bits per heavy atom. The summed E-state index contributed by atoms with van der Waals surface area (Å²) in [6, 6.07) is 4.97. The second-order valence-corrected chi connectivity index (χ2v) is 4.22. The lowest BCUT2D eigenvalue weighted by molar-refractivity contribution is 0.0337. The lowest BCUT2D eigenvalue weighted by Crippen LogP contribution is -2.35. The topological polar surface area (TPSA) is 41.9 Å². The largest absolute Gasteiger partial charge is 0.379 e. The molecule has 4 nitrogen and oxygen atoms in total. The molecule has 0 amide bonds. The fourth-order valence-corrected chi connectivity index (χ4v) is 1.94. The van der Waals surface area contributed by atoms with Gasteiger partial charge in [-0.05, 0) is 11.6 Å². The molecule has 1 aliphatic heterocycles. The van der Waals surface area contributed by atoms with E-state index in [1.165, 1.54) is 12.1 Å². The lowest BCUT2D eigenvalue weighted by Gasteiger charge is -2.26. The molecule has 1 aliphatic rings. The number of morpholine rings is 1. The van der Waals surface area contributed by atoms with Crippen LogP contribution in [0.5, 0.6) is 0 Å². The van der Waals surface area contributed by atoms with Crippen molar-refractivity contribution >= 4 is 6.08 Å². The summed E-state index contributed by atoms with van der Waals surface area (Å²) in [5.41, 5.74) is 1.34. The van der Waals surface area contributed by atoms with E-state index in [1.807, 2.05) is 0 Å².